The second-order valence-electron chi connectivity index (χ2n) is 11.6. The van der Waals surface area contributed by atoms with Crippen molar-refractivity contribution in [2.45, 2.75) is 72.6 Å². The third kappa shape index (κ3) is 4.07. The van der Waals surface area contributed by atoms with E-state index in [1.807, 2.05) is 36.7 Å². The van der Waals surface area contributed by atoms with Gasteiger partial charge in [-0.2, -0.15) is 5.10 Å². The second-order valence-corrected chi connectivity index (χ2v) is 11.6. The van der Waals surface area contributed by atoms with Gasteiger partial charge in [-0.3, -0.25) is 4.79 Å². The molecule has 5 nitrogen and oxygen atoms in total. The van der Waals surface area contributed by atoms with E-state index in [1.165, 1.54) is 12.1 Å². The molecule has 1 aromatic heterocycles. The quantitative estimate of drug-likeness (QED) is 0.346. The maximum Gasteiger partial charge on any atom is 0.162 e. The topological polar surface area (TPSA) is 56.2 Å². The van der Waals surface area contributed by atoms with Gasteiger partial charge in [0.15, 0.2) is 5.78 Å². The van der Waals surface area contributed by atoms with Crippen LogP contribution in [-0.4, -0.2) is 22.2 Å². The number of anilines is 1. The Hall–Kier alpha value is -3.41. The van der Waals surface area contributed by atoms with Gasteiger partial charge in [-0.1, -0.05) is 45.4 Å². The molecule has 37 heavy (non-hydrogen) atoms. The second kappa shape index (κ2) is 8.86. The molecule has 5 rings (SSSR count). The largest absolute Gasteiger partial charge is 0.494 e. The summed E-state index contributed by atoms with van der Waals surface area (Å²) in [7, 11) is 0. The SMILES string of the molecule is C/C=C(\C=C/C1=C(C)C(C)(C)c2nn(-c3cccc(F)c3)c3c2C1C1=C(CC(C)(C)CC1=O)N3)OCC. The fraction of sp³-hybridized carbons (Fsp3) is 0.419. The van der Waals surface area contributed by atoms with E-state index in [1.54, 1.807) is 6.07 Å². The number of hydrogen-bond donors (Lipinski definition) is 1. The summed E-state index contributed by atoms with van der Waals surface area (Å²) in [5, 5.41) is 8.69. The Morgan fingerprint density at radius 2 is 2.03 bits per heavy atom. The monoisotopic (exact) mass is 501 g/mol. The molecule has 0 spiro atoms. The molecule has 1 N–H and O–H groups in total. The minimum absolute atomic E-state index is 0.150. The van der Waals surface area contributed by atoms with Crippen LogP contribution in [0.25, 0.3) is 5.69 Å². The number of nitrogens with zero attached hydrogens (tertiary/aromatic N) is 2. The summed E-state index contributed by atoms with van der Waals surface area (Å²) in [5.41, 5.74) is 6.06. The number of benzene rings is 1. The Morgan fingerprint density at radius 1 is 1.27 bits per heavy atom. The highest BCUT2D eigenvalue weighted by atomic mass is 19.1. The lowest BCUT2D eigenvalue weighted by Gasteiger charge is -2.43. The first-order chi connectivity index (χ1) is 17.5. The third-order valence-electron chi connectivity index (χ3n) is 8.04. The van der Waals surface area contributed by atoms with E-state index in [9.17, 15) is 9.18 Å². The van der Waals surface area contributed by atoms with Crippen molar-refractivity contribution in [2.75, 3.05) is 11.9 Å². The zero-order valence-electron chi connectivity index (χ0n) is 22.8. The van der Waals surface area contributed by atoms with Crippen molar-refractivity contribution in [3.63, 3.8) is 0 Å². The molecule has 0 fully saturated rings. The molecule has 0 bridgehead atoms. The van der Waals surface area contributed by atoms with E-state index in [-0.39, 0.29) is 22.9 Å². The molecule has 194 valence electrons. The molecular formula is C31H36FN3O2. The first kappa shape index (κ1) is 25.2. The number of carbonyl (C=O) groups excluding carboxylic acids is 1. The fourth-order valence-corrected chi connectivity index (χ4v) is 6.00. The average molecular weight is 502 g/mol. The standard InChI is InChI=1S/C31H36FN3O2/c1-8-21(37-9-2)13-14-22-18(3)31(6,7)28-27-25(22)26-23(16-30(4,5)17-24(26)36)33-29(27)35(34-28)20-12-10-11-19(32)15-20/h8,10-15,25,33H,9,16-17H2,1-7H3/b14-13-,21-8+. The number of rotatable bonds is 5. The average Bonchev–Trinajstić information content (AvgIpc) is 3.21. The number of aromatic nitrogens is 2. The summed E-state index contributed by atoms with van der Waals surface area (Å²) in [6.45, 7) is 15.2. The van der Waals surface area contributed by atoms with Crippen LogP contribution in [0.5, 0.6) is 0 Å². The van der Waals surface area contributed by atoms with Crippen LogP contribution in [0.15, 0.2) is 70.7 Å². The first-order valence-corrected chi connectivity index (χ1v) is 13.1. The lowest BCUT2D eigenvalue weighted by atomic mass is 9.62. The number of nitrogens with one attached hydrogen (secondary N) is 1. The van der Waals surface area contributed by atoms with Crippen molar-refractivity contribution < 1.29 is 13.9 Å². The zero-order chi connectivity index (χ0) is 26.7. The molecule has 1 atom stereocenters. The van der Waals surface area contributed by atoms with Gasteiger partial charge in [0.2, 0.25) is 0 Å². The Balaban J connectivity index is 1.78. The van der Waals surface area contributed by atoms with Gasteiger partial charge in [0.1, 0.15) is 17.4 Å². The van der Waals surface area contributed by atoms with E-state index < -0.39 is 5.41 Å². The van der Waals surface area contributed by atoms with Gasteiger partial charge in [0.05, 0.1) is 18.0 Å². The predicted octanol–water partition coefficient (Wildman–Crippen LogP) is 7.27. The highest BCUT2D eigenvalue weighted by molar-refractivity contribution is 6.02. The summed E-state index contributed by atoms with van der Waals surface area (Å²) < 4.78 is 21.9. The number of hydrogen-bond acceptors (Lipinski definition) is 4. The lowest BCUT2D eigenvalue weighted by molar-refractivity contribution is -0.118. The van der Waals surface area contributed by atoms with Crippen LogP contribution in [0, 0.1) is 11.2 Å². The molecule has 0 saturated carbocycles. The smallest absolute Gasteiger partial charge is 0.162 e. The Bertz CT molecular complexity index is 1420. The fourth-order valence-electron chi connectivity index (χ4n) is 6.00. The predicted molar refractivity (Wildman–Crippen MR) is 145 cm³/mol. The van der Waals surface area contributed by atoms with Crippen molar-refractivity contribution in [1.82, 2.24) is 9.78 Å². The van der Waals surface area contributed by atoms with E-state index in [0.29, 0.717) is 18.7 Å². The third-order valence-corrected chi connectivity index (χ3v) is 8.04. The maximum absolute atomic E-state index is 14.3. The van der Waals surface area contributed by atoms with Crippen molar-refractivity contribution in [2.24, 2.45) is 5.41 Å². The van der Waals surface area contributed by atoms with Crippen LogP contribution >= 0.6 is 0 Å². The van der Waals surface area contributed by atoms with Gasteiger partial charge in [-0.15, -0.1) is 0 Å². The van der Waals surface area contributed by atoms with Crippen molar-refractivity contribution in [3.05, 3.63) is 87.7 Å². The maximum atomic E-state index is 14.3. The molecule has 1 unspecified atom stereocenters. The molecule has 6 heteroatoms. The summed E-state index contributed by atoms with van der Waals surface area (Å²) in [5.74, 6) is 1.23. The van der Waals surface area contributed by atoms with Crippen LogP contribution in [0.4, 0.5) is 10.2 Å². The van der Waals surface area contributed by atoms with Gasteiger partial charge in [-0.25, -0.2) is 9.07 Å². The van der Waals surface area contributed by atoms with E-state index >= 15 is 0 Å². The van der Waals surface area contributed by atoms with E-state index in [0.717, 1.165) is 51.7 Å². The summed E-state index contributed by atoms with van der Waals surface area (Å²) in [6, 6.07) is 6.50. The molecular weight excluding hydrogens is 465 g/mol. The highest BCUT2D eigenvalue weighted by Crippen LogP contribution is 2.57. The Morgan fingerprint density at radius 3 is 2.70 bits per heavy atom. The number of allylic oxidation sites excluding steroid dienone is 7. The highest BCUT2D eigenvalue weighted by Gasteiger charge is 2.49. The van der Waals surface area contributed by atoms with Gasteiger partial charge in [-0.05, 0) is 68.5 Å². The summed E-state index contributed by atoms with van der Waals surface area (Å²) in [6.07, 6.45) is 7.32. The molecule has 2 aromatic rings. The summed E-state index contributed by atoms with van der Waals surface area (Å²) >= 11 is 0. The normalized spacial score (nSPS) is 22.2. The van der Waals surface area contributed by atoms with Gasteiger partial charge >= 0.3 is 0 Å². The zero-order valence-corrected chi connectivity index (χ0v) is 22.8. The molecule has 0 saturated heterocycles. The van der Waals surface area contributed by atoms with Crippen LogP contribution in [0.1, 0.15) is 78.5 Å². The molecule has 1 aliphatic heterocycles. The van der Waals surface area contributed by atoms with Crippen LogP contribution < -0.4 is 5.32 Å². The molecule has 0 amide bonds. The number of ether oxygens (including phenoxy) is 1. The molecule has 3 aliphatic rings. The first-order valence-electron chi connectivity index (χ1n) is 13.1. The van der Waals surface area contributed by atoms with E-state index in [4.69, 9.17) is 9.84 Å². The van der Waals surface area contributed by atoms with Gasteiger partial charge in [0, 0.05) is 34.6 Å². The van der Waals surface area contributed by atoms with Crippen LogP contribution in [0.3, 0.4) is 0 Å². The number of Topliss-reactive ketones (excluding diaryl/α,β-unsaturated/α-hetero) is 1. The number of fused-ring (bicyclic) bond motifs is 1. The van der Waals surface area contributed by atoms with Crippen LogP contribution in [0.2, 0.25) is 0 Å². The van der Waals surface area contributed by atoms with Gasteiger partial charge in [0.25, 0.3) is 0 Å². The van der Waals surface area contributed by atoms with Gasteiger partial charge < -0.3 is 10.1 Å². The minimum Gasteiger partial charge on any atom is -0.494 e. The van der Waals surface area contributed by atoms with Crippen molar-refractivity contribution in [1.29, 1.82) is 0 Å². The molecule has 0 radical (unpaired) electrons. The molecule has 1 aromatic carbocycles. The van der Waals surface area contributed by atoms with Crippen molar-refractivity contribution >= 4 is 11.6 Å². The van der Waals surface area contributed by atoms with E-state index in [2.05, 4.69) is 46.0 Å². The summed E-state index contributed by atoms with van der Waals surface area (Å²) in [4.78, 5) is 13.7. The number of carbonyl (C=O) groups is 1. The van der Waals surface area contributed by atoms with Crippen LogP contribution in [-0.2, 0) is 14.9 Å². The number of halogens is 1. The Labute approximate surface area is 218 Å². The molecule has 2 heterocycles. The van der Waals surface area contributed by atoms with Crippen molar-refractivity contribution in [3.8, 4) is 5.69 Å². The minimum atomic E-state index is -0.392. The Kier molecular flexibility index (Phi) is 6.05. The lowest BCUT2D eigenvalue weighted by Crippen LogP contribution is -2.37. The molecule has 2 aliphatic carbocycles. The number of ketones is 1.